The molecule has 1 aliphatic rings. The van der Waals surface area contributed by atoms with E-state index in [1.807, 2.05) is 19.2 Å². The molecule has 0 aromatic heterocycles. The number of benzene rings is 1. The summed E-state index contributed by atoms with van der Waals surface area (Å²) in [5.74, 6) is 0.701. The number of nitrogens with one attached hydrogen (secondary N) is 2. The summed E-state index contributed by atoms with van der Waals surface area (Å²) in [6, 6.07) is 6.43. The van der Waals surface area contributed by atoms with Crippen molar-refractivity contribution < 1.29 is 14.3 Å². The maximum atomic E-state index is 11.9. The molecule has 2 rings (SSSR count). The van der Waals surface area contributed by atoms with E-state index >= 15 is 0 Å². The topological polar surface area (TPSA) is 59.6 Å². The summed E-state index contributed by atoms with van der Waals surface area (Å²) < 4.78 is 10.8. The molecular formula is C16H24N2O3. The van der Waals surface area contributed by atoms with Gasteiger partial charge in [-0.1, -0.05) is 12.1 Å². The Morgan fingerprint density at radius 1 is 1.48 bits per heavy atom. The number of rotatable bonds is 7. The van der Waals surface area contributed by atoms with Gasteiger partial charge in [0.25, 0.3) is 5.91 Å². The SMILES string of the molecule is CNC1CCc2c(OC(C)C(=O)NCCOC)cccc21. The number of methoxy groups -OCH3 is 1. The molecule has 1 aromatic rings. The quantitative estimate of drug-likeness (QED) is 0.746. The summed E-state index contributed by atoms with van der Waals surface area (Å²) in [6.07, 6.45) is 1.54. The third kappa shape index (κ3) is 3.74. The van der Waals surface area contributed by atoms with Crippen LogP contribution in [0.3, 0.4) is 0 Å². The Morgan fingerprint density at radius 2 is 2.29 bits per heavy atom. The molecule has 0 spiro atoms. The van der Waals surface area contributed by atoms with E-state index in [1.54, 1.807) is 14.0 Å². The molecule has 0 heterocycles. The normalized spacial score (nSPS) is 18.1. The van der Waals surface area contributed by atoms with Crippen LogP contribution in [-0.4, -0.2) is 39.3 Å². The number of hydrogen-bond donors (Lipinski definition) is 2. The summed E-state index contributed by atoms with van der Waals surface area (Å²) in [6.45, 7) is 2.77. The molecule has 0 radical (unpaired) electrons. The van der Waals surface area contributed by atoms with Gasteiger partial charge < -0.3 is 20.1 Å². The molecule has 0 saturated carbocycles. The minimum atomic E-state index is -0.512. The average Bonchev–Trinajstić information content (AvgIpc) is 2.91. The zero-order valence-electron chi connectivity index (χ0n) is 12.9. The summed E-state index contributed by atoms with van der Waals surface area (Å²) in [7, 11) is 3.58. The van der Waals surface area contributed by atoms with Crippen LogP contribution in [0, 0.1) is 0 Å². The summed E-state index contributed by atoms with van der Waals surface area (Å²) in [5.41, 5.74) is 2.50. The molecule has 0 fully saturated rings. The first-order chi connectivity index (χ1) is 10.2. The zero-order valence-corrected chi connectivity index (χ0v) is 12.9. The molecule has 5 nitrogen and oxygen atoms in total. The van der Waals surface area contributed by atoms with E-state index in [0.717, 1.165) is 18.6 Å². The fourth-order valence-electron chi connectivity index (χ4n) is 2.70. The van der Waals surface area contributed by atoms with Crippen LogP contribution in [0.5, 0.6) is 5.75 Å². The number of hydrogen-bond acceptors (Lipinski definition) is 4. The molecule has 0 saturated heterocycles. The molecule has 1 amide bonds. The van der Waals surface area contributed by atoms with Gasteiger partial charge in [0.05, 0.1) is 6.61 Å². The predicted octanol–water partition coefficient (Wildman–Crippen LogP) is 1.42. The lowest BCUT2D eigenvalue weighted by Crippen LogP contribution is -2.38. The van der Waals surface area contributed by atoms with E-state index in [0.29, 0.717) is 19.2 Å². The van der Waals surface area contributed by atoms with E-state index in [4.69, 9.17) is 9.47 Å². The van der Waals surface area contributed by atoms with Crippen LogP contribution >= 0.6 is 0 Å². The Morgan fingerprint density at radius 3 is 3.00 bits per heavy atom. The number of carbonyl (C=O) groups excluding carboxylic acids is 1. The second kappa shape index (κ2) is 7.43. The monoisotopic (exact) mass is 292 g/mol. The van der Waals surface area contributed by atoms with Crippen molar-refractivity contribution >= 4 is 5.91 Å². The minimum absolute atomic E-state index is 0.118. The van der Waals surface area contributed by atoms with E-state index < -0.39 is 6.10 Å². The molecule has 1 aliphatic carbocycles. The van der Waals surface area contributed by atoms with Crippen molar-refractivity contribution in [2.24, 2.45) is 0 Å². The standard InChI is InChI=1S/C16H24N2O3/c1-11(16(19)18-9-10-20-3)21-15-6-4-5-12-13(15)7-8-14(12)17-2/h4-6,11,14,17H,7-10H2,1-3H3,(H,18,19). The lowest BCUT2D eigenvalue weighted by molar-refractivity contribution is -0.127. The fourth-order valence-corrected chi connectivity index (χ4v) is 2.70. The van der Waals surface area contributed by atoms with Gasteiger partial charge in [0.1, 0.15) is 5.75 Å². The summed E-state index contributed by atoms with van der Waals surface area (Å²) in [4.78, 5) is 11.9. The lowest BCUT2D eigenvalue weighted by Gasteiger charge is -2.17. The lowest BCUT2D eigenvalue weighted by atomic mass is 10.1. The predicted molar refractivity (Wildman–Crippen MR) is 81.5 cm³/mol. The smallest absolute Gasteiger partial charge is 0.260 e. The number of carbonyl (C=O) groups is 1. The Labute approximate surface area is 126 Å². The molecule has 2 atom stereocenters. The second-order valence-corrected chi connectivity index (χ2v) is 5.25. The van der Waals surface area contributed by atoms with Gasteiger partial charge in [-0.15, -0.1) is 0 Å². The highest BCUT2D eigenvalue weighted by atomic mass is 16.5. The molecule has 1 aromatic carbocycles. The molecule has 2 unspecified atom stereocenters. The molecule has 5 heteroatoms. The highest BCUT2D eigenvalue weighted by Gasteiger charge is 2.25. The number of amides is 1. The molecular weight excluding hydrogens is 268 g/mol. The Balaban J connectivity index is 2.00. The first-order valence-corrected chi connectivity index (χ1v) is 7.39. The maximum absolute atomic E-state index is 11.9. The fraction of sp³-hybridized carbons (Fsp3) is 0.562. The van der Waals surface area contributed by atoms with Crippen molar-refractivity contribution in [3.8, 4) is 5.75 Å². The highest BCUT2D eigenvalue weighted by molar-refractivity contribution is 5.80. The van der Waals surface area contributed by atoms with Crippen LogP contribution in [0.1, 0.15) is 30.5 Å². The average molecular weight is 292 g/mol. The van der Waals surface area contributed by atoms with Crippen LogP contribution < -0.4 is 15.4 Å². The first-order valence-electron chi connectivity index (χ1n) is 7.39. The van der Waals surface area contributed by atoms with Gasteiger partial charge in [0, 0.05) is 19.7 Å². The van der Waals surface area contributed by atoms with Crippen LogP contribution in [0.2, 0.25) is 0 Å². The van der Waals surface area contributed by atoms with Crippen molar-refractivity contribution in [1.29, 1.82) is 0 Å². The van der Waals surface area contributed by atoms with Gasteiger partial charge in [-0.2, -0.15) is 0 Å². The second-order valence-electron chi connectivity index (χ2n) is 5.25. The van der Waals surface area contributed by atoms with Gasteiger partial charge in [-0.3, -0.25) is 4.79 Å². The Kier molecular flexibility index (Phi) is 5.59. The largest absolute Gasteiger partial charge is 0.481 e. The van der Waals surface area contributed by atoms with Gasteiger partial charge in [-0.05, 0) is 44.0 Å². The first kappa shape index (κ1) is 15.8. The van der Waals surface area contributed by atoms with E-state index in [1.165, 1.54) is 11.1 Å². The Hall–Kier alpha value is -1.59. The van der Waals surface area contributed by atoms with Crippen molar-refractivity contribution in [2.45, 2.75) is 31.9 Å². The van der Waals surface area contributed by atoms with Crippen LogP contribution in [0.15, 0.2) is 18.2 Å². The van der Waals surface area contributed by atoms with Gasteiger partial charge in [-0.25, -0.2) is 0 Å². The Bertz CT molecular complexity index is 490. The van der Waals surface area contributed by atoms with Crippen LogP contribution in [0.4, 0.5) is 0 Å². The van der Waals surface area contributed by atoms with Crippen LogP contribution in [-0.2, 0) is 16.0 Å². The van der Waals surface area contributed by atoms with Crippen molar-refractivity contribution in [3.05, 3.63) is 29.3 Å². The molecule has 116 valence electrons. The third-order valence-electron chi connectivity index (χ3n) is 3.85. The third-order valence-corrected chi connectivity index (χ3v) is 3.85. The summed E-state index contributed by atoms with van der Waals surface area (Å²) >= 11 is 0. The molecule has 2 N–H and O–H groups in total. The van der Waals surface area contributed by atoms with Crippen molar-refractivity contribution in [2.75, 3.05) is 27.3 Å². The van der Waals surface area contributed by atoms with Crippen molar-refractivity contribution in [3.63, 3.8) is 0 Å². The molecule has 0 aliphatic heterocycles. The van der Waals surface area contributed by atoms with E-state index in [-0.39, 0.29) is 5.91 Å². The number of ether oxygens (including phenoxy) is 2. The number of fused-ring (bicyclic) bond motifs is 1. The van der Waals surface area contributed by atoms with E-state index in [2.05, 4.69) is 16.7 Å². The zero-order chi connectivity index (χ0) is 15.2. The maximum Gasteiger partial charge on any atom is 0.260 e. The van der Waals surface area contributed by atoms with E-state index in [9.17, 15) is 4.79 Å². The van der Waals surface area contributed by atoms with Crippen LogP contribution in [0.25, 0.3) is 0 Å². The molecule has 21 heavy (non-hydrogen) atoms. The van der Waals surface area contributed by atoms with Gasteiger partial charge in [0.15, 0.2) is 6.10 Å². The minimum Gasteiger partial charge on any atom is -0.481 e. The summed E-state index contributed by atoms with van der Waals surface area (Å²) in [5, 5.41) is 6.10. The highest BCUT2D eigenvalue weighted by Crippen LogP contribution is 2.36. The molecule has 0 bridgehead atoms. The van der Waals surface area contributed by atoms with Gasteiger partial charge >= 0.3 is 0 Å². The van der Waals surface area contributed by atoms with Gasteiger partial charge in [0.2, 0.25) is 0 Å². The van der Waals surface area contributed by atoms with Crippen molar-refractivity contribution in [1.82, 2.24) is 10.6 Å².